The van der Waals surface area contributed by atoms with Gasteiger partial charge in [0.2, 0.25) is 11.0 Å². The van der Waals surface area contributed by atoms with Crippen molar-refractivity contribution in [3.8, 4) is 17.8 Å². The first-order valence-corrected chi connectivity index (χ1v) is 6.31. The van der Waals surface area contributed by atoms with Gasteiger partial charge in [0.1, 0.15) is 0 Å². The molecule has 0 saturated carbocycles. The number of nitrogens with zero attached hydrogens (tertiary/aromatic N) is 4. The molecule has 0 radical (unpaired) electrons. The smallest absolute Gasteiger partial charge is 0.329 e. The van der Waals surface area contributed by atoms with E-state index in [9.17, 15) is 10.1 Å². The molecule has 0 atom stereocenters. The average molecular weight is 352 g/mol. The number of ether oxygens (including phenoxy) is 2. The van der Waals surface area contributed by atoms with Gasteiger partial charge >= 0.3 is 17.7 Å². The number of nitro groups is 1. The molecule has 0 aliphatic rings. The van der Waals surface area contributed by atoms with Crippen LogP contribution < -0.4 is 9.47 Å². The zero-order valence-corrected chi connectivity index (χ0v) is 12.5. The molecule has 0 N–H and O–H groups in total. The van der Waals surface area contributed by atoms with Crippen LogP contribution in [0.4, 0.5) is 5.69 Å². The number of methoxy groups -OCH3 is 1. The molecule has 0 aliphatic carbocycles. The van der Waals surface area contributed by atoms with Crippen molar-refractivity contribution in [1.82, 2.24) is 15.0 Å². The first-order chi connectivity index (χ1) is 9.90. The number of aromatic nitrogens is 3. The molecule has 0 saturated heterocycles. The Balaban J connectivity index is 2.46. The van der Waals surface area contributed by atoms with Crippen molar-refractivity contribution < 1.29 is 14.4 Å². The maximum atomic E-state index is 11.0. The Hall–Kier alpha value is -1.90. The molecule has 110 valence electrons. The van der Waals surface area contributed by atoms with E-state index in [4.69, 9.17) is 44.3 Å². The van der Waals surface area contributed by atoms with Crippen molar-refractivity contribution >= 4 is 40.5 Å². The molecule has 21 heavy (non-hydrogen) atoms. The molecule has 2 rings (SSSR count). The van der Waals surface area contributed by atoms with Crippen LogP contribution in [0.1, 0.15) is 0 Å². The van der Waals surface area contributed by atoms with Crippen LogP contribution in [0.15, 0.2) is 12.1 Å². The highest BCUT2D eigenvalue weighted by Crippen LogP contribution is 2.37. The number of benzene rings is 1. The van der Waals surface area contributed by atoms with E-state index in [-0.39, 0.29) is 33.1 Å². The molecule has 11 heteroatoms. The molecule has 0 amide bonds. The van der Waals surface area contributed by atoms with Crippen LogP contribution in [0.2, 0.25) is 15.3 Å². The van der Waals surface area contributed by atoms with Gasteiger partial charge in [-0.2, -0.15) is 9.97 Å². The summed E-state index contributed by atoms with van der Waals surface area (Å²) in [6.45, 7) is 0. The highest BCUT2D eigenvalue weighted by Gasteiger charge is 2.20. The van der Waals surface area contributed by atoms with E-state index < -0.39 is 10.6 Å². The summed E-state index contributed by atoms with van der Waals surface area (Å²) in [4.78, 5) is 21.4. The summed E-state index contributed by atoms with van der Waals surface area (Å²) >= 11 is 17.2. The van der Waals surface area contributed by atoms with Crippen molar-refractivity contribution in [2.45, 2.75) is 0 Å². The minimum atomic E-state index is -0.683. The summed E-state index contributed by atoms with van der Waals surface area (Å²) in [5, 5.41) is 10.9. The summed E-state index contributed by atoms with van der Waals surface area (Å²) in [5.41, 5.74) is -0.403. The average Bonchev–Trinajstić information content (AvgIpc) is 2.41. The van der Waals surface area contributed by atoms with Crippen molar-refractivity contribution in [3.63, 3.8) is 0 Å². The number of hydrogen-bond donors (Lipinski definition) is 0. The lowest BCUT2D eigenvalue weighted by Gasteiger charge is -2.07. The van der Waals surface area contributed by atoms with E-state index in [1.54, 1.807) is 0 Å². The molecular weight excluding hydrogens is 346 g/mol. The summed E-state index contributed by atoms with van der Waals surface area (Å²) in [6.07, 6.45) is 0. The third kappa shape index (κ3) is 3.60. The van der Waals surface area contributed by atoms with Crippen LogP contribution in [0.5, 0.6) is 17.8 Å². The zero-order valence-electron chi connectivity index (χ0n) is 10.2. The second-order valence-corrected chi connectivity index (χ2v) is 4.62. The number of hydrogen-bond acceptors (Lipinski definition) is 7. The van der Waals surface area contributed by atoms with Crippen molar-refractivity contribution in [3.05, 3.63) is 37.6 Å². The summed E-state index contributed by atoms with van der Waals surface area (Å²) in [7, 11) is 1.32. The SMILES string of the molecule is COc1nc(Cl)nc(Oc2cc(Cl)c(Cl)cc2[N+](=O)[O-])n1. The predicted octanol–water partition coefficient (Wildman–Crippen LogP) is 3.54. The fourth-order valence-electron chi connectivity index (χ4n) is 1.29. The standard InChI is InChI=1S/C10H5Cl3N4O4/c1-20-9-14-8(13)15-10(16-9)21-7-3-5(12)4(11)2-6(7)17(18)19/h2-3H,1H3. The van der Waals surface area contributed by atoms with E-state index in [0.29, 0.717) is 0 Å². The summed E-state index contributed by atoms with van der Waals surface area (Å²) in [5.74, 6) is -0.196. The second-order valence-electron chi connectivity index (χ2n) is 3.47. The van der Waals surface area contributed by atoms with E-state index >= 15 is 0 Å². The Kier molecular flexibility index (Phi) is 4.61. The molecule has 8 nitrogen and oxygen atoms in total. The topological polar surface area (TPSA) is 100 Å². The van der Waals surface area contributed by atoms with Gasteiger partial charge in [-0.25, -0.2) is 0 Å². The molecule has 0 spiro atoms. The molecule has 1 aromatic carbocycles. The number of rotatable bonds is 4. The van der Waals surface area contributed by atoms with Crippen LogP contribution in [0.25, 0.3) is 0 Å². The molecule has 2 aromatic rings. The van der Waals surface area contributed by atoms with Gasteiger partial charge < -0.3 is 9.47 Å². The molecule has 0 aliphatic heterocycles. The Morgan fingerprint density at radius 2 is 1.71 bits per heavy atom. The van der Waals surface area contributed by atoms with E-state index in [2.05, 4.69) is 15.0 Å². The van der Waals surface area contributed by atoms with E-state index in [1.165, 1.54) is 13.2 Å². The Morgan fingerprint density at radius 1 is 1.10 bits per heavy atom. The van der Waals surface area contributed by atoms with Crippen molar-refractivity contribution in [2.24, 2.45) is 0 Å². The third-order valence-corrected chi connectivity index (χ3v) is 3.04. The highest BCUT2D eigenvalue weighted by atomic mass is 35.5. The summed E-state index contributed by atoms with van der Waals surface area (Å²) in [6, 6.07) is 1.84. The zero-order chi connectivity index (χ0) is 15.6. The van der Waals surface area contributed by atoms with Crippen LogP contribution >= 0.6 is 34.8 Å². The largest absolute Gasteiger partial charge is 0.467 e. The lowest BCUT2D eigenvalue weighted by Crippen LogP contribution is -2.00. The molecular formula is C10H5Cl3N4O4. The predicted molar refractivity (Wildman–Crippen MR) is 74.6 cm³/mol. The highest BCUT2D eigenvalue weighted by molar-refractivity contribution is 6.42. The van der Waals surface area contributed by atoms with Crippen LogP contribution in [-0.4, -0.2) is 27.0 Å². The van der Waals surface area contributed by atoms with E-state index in [1.807, 2.05) is 0 Å². The fourth-order valence-corrected chi connectivity index (χ4v) is 1.75. The van der Waals surface area contributed by atoms with Gasteiger partial charge in [0, 0.05) is 12.1 Å². The van der Waals surface area contributed by atoms with E-state index in [0.717, 1.165) is 6.07 Å². The monoisotopic (exact) mass is 350 g/mol. The van der Waals surface area contributed by atoms with Crippen LogP contribution in [0.3, 0.4) is 0 Å². The molecule has 0 fully saturated rings. The van der Waals surface area contributed by atoms with Crippen LogP contribution in [-0.2, 0) is 0 Å². The minimum absolute atomic E-state index is 0.0157. The molecule has 1 aromatic heterocycles. The van der Waals surface area contributed by atoms with Gasteiger partial charge in [0.25, 0.3) is 0 Å². The lowest BCUT2D eigenvalue weighted by atomic mass is 10.3. The maximum Gasteiger partial charge on any atom is 0.329 e. The number of halogens is 3. The maximum absolute atomic E-state index is 11.0. The number of nitro benzene ring substituents is 1. The third-order valence-electron chi connectivity index (χ3n) is 2.15. The Labute approximate surface area is 132 Å². The summed E-state index contributed by atoms with van der Waals surface area (Å²) < 4.78 is 10.0. The van der Waals surface area contributed by atoms with Gasteiger partial charge in [0.15, 0.2) is 0 Å². The normalized spacial score (nSPS) is 10.3. The van der Waals surface area contributed by atoms with Gasteiger partial charge in [-0.1, -0.05) is 23.2 Å². The van der Waals surface area contributed by atoms with Crippen molar-refractivity contribution in [2.75, 3.05) is 7.11 Å². The Morgan fingerprint density at radius 3 is 2.33 bits per heavy atom. The molecule has 0 bridgehead atoms. The first-order valence-electron chi connectivity index (χ1n) is 5.17. The van der Waals surface area contributed by atoms with Crippen LogP contribution in [0, 0.1) is 10.1 Å². The fraction of sp³-hybridized carbons (Fsp3) is 0.100. The van der Waals surface area contributed by atoms with Gasteiger partial charge in [-0.05, 0) is 11.6 Å². The second kappa shape index (κ2) is 6.25. The Bertz CT molecular complexity index is 713. The molecule has 0 unspecified atom stereocenters. The van der Waals surface area contributed by atoms with Gasteiger partial charge in [-0.15, -0.1) is 4.98 Å². The molecule has 1 heterocycles. The quantitative estimate of drug-likeness (QED) is 0.613. The first kappa shape index (κ1) is 15.5. The lowest BCUT2D eigenvalue weighted by molar-refractivity contribution is -0.385. The van der Waals surface area contributed by atoms with Crippen molar-refractivity contribution in [1.29, 1.82) is 0 Å². The van der Waals surface area contributed by atoms with Gasteiger partial charge in [-0.3, -0.25) is 10.1 Å². The van der Waals surface area contributed by atoms with Gasteiger partial charge in [0.05, 0.1) is 22.1 Å². The minimum Gasteiger partial charge on any atom is -0.467 e.